The Hall–Kier alpha value is -3.81. The molecule has 0 bridgehead atoms. The molecule has 2 aromatic heterocycles. The molecule has 14 heteroatoms. The van der Waals surface area contributed by atoms with Crippen molar-refractivity contribution >= 4 is 29.5 Å². The number of nitrogens with two attached hydrogens (primary N) is 2. The number of ketones is 1. The van der Waals surface area contributed by atoms with E-state index in [2.05, 4.69) is 29.8 Å². The van der Waals surface area contributed by atoms with Gasteiger partial charge in [-0.25, -0.2) is 18.7 Å². The second kappa shape index (κ2) is 12.8. The first-order valence-electron chi connectivity index (χ1n) is 13.1. The largest absolute Gasteiger partial charge is 0.368 e. The van der Waals surface area contributed by atoms with Crippen LogP contribution < -0.4 is 16.4 Å². The topological polar surface area (TPSA) is 160 Å². The first-order valence-corrected chi connectivity index (χ1v) is 13.1. The van der Waals surface area contributed by atoms with Crippen LogP contribution in [-0.4, -0.2) is 92.2 Å². The highest BCUT2D eigenvalue weighted by Gasteiger charge is 2.27. The molecule has 0 saturated carbocycles. The smallest absolute Gasteiger partial charge is 0.281 e. The van der Waals surface area contributed by atoms with E-state index in [-0.39, 0.29) is 47.8 Å². The monoisotopic (exact) mass is 544 g/mol. The van der Waals surface area contributed by atoms with Gasteiger partial charge in [-0.3, -0.25) is 14.5 Å². The molecule has 12 nitrogen and oxygen atoms in total. The summed E-state index contributed by atoms with van der Waals surface area (Å²) in [6.07, 6.45) is 3.85. The van der Waals surface area contributed by atoms with E-state index in [9.17, 15) is 18.4 Å². The van der Waals surface area contributed by atoms with Crippen molar-refractivity contribution in [2.75, 3.05) is 62.2 Å². The number of anilines is 3. The van der Waals surface area contributed by atoms with Crippen molar-refractivity contribution in [2.24, 2.45) is 5.92 Å². The molecular formula is C25H34F2N10O2. The molecule has 39 heavy (non-hydrogen) atoms. The third-order valence-corrected chi connectivity index (χ3v) is 7.00. The Labute approximate surface area is 225 Å². The summed E-state index contributed by atoms with van der Waals surface area (Å²) in [5.41, 5.74) is 10.8. The molecule has 0 spiro atoms. The Morgan fingerprint density at radius 1 is 1.00 bits per heavy atom. The maximum atomic E-state index is 13.5. The standard InChI is InChI=1S/C25H34F2N10O2/c1-2-3-17(38)4-5-19(39)36-8-6-16(7-9-36)15-35-10-12-37(13-11-35)25-33-22(32-24(29)34-25)18-14-30-23(28)31-20(18)21(26)27/h2-3,14,16,21H,4-13,15H2,1H3,(H2,28,30,31)(H2,29,32,33,34)/b3-2+. The number of carbonyl (C=O) groups is 2. The number of allylic oxidation sites excluding steroid dienone is 2. The number of likely N-dealkylation sites (tertiary alicyclic amines) is 1. The van der Waals surface area contributed by atoms with Gasteiger partial charge in [0, 0.05) is 64.9 Å². The molecule has 1 amide bonds. The fraction of sp³-hybridized carbons (Fsp3) is 0.560. The highest BCUT2D eigenvalue weighted by molar-refractivity contribution is 5.92. The lowest BCUT2D eigenvalue weighted by atomic mass is 9.95. The van der Waals surface area contributed by atoms with Crippen LogP contribution in [-0.2, 0) is 9.59 Å². The molecular weight excluding hydrogens is 510 g/mol. The summed E-state index contributed by atoms with van der Waals surface area (Å²) in [5, 5.41) is 0. The number of nitrogens with zero attached hydrogens (tertiary/aromatic N) is 8. The van der Waals surface area contributed by atoms with E-state index >= 15 is 0 Å². The SMILES string of the molecule is C/C=C/C(=O)CCC(=O)N1CCC(CN2CCN(c3nc(N)nc(-c4cnc(N)nc4C(F)F)n3)CC2)CC1. The molecule has 4 heterocycles. The number of nitrogen functional groups attached to an aromatic ring is 2. The van der Waals surface area contributed by atoms with E-state index in [0.717, 1.165) is 32.5 Å². The second-order valence-corrected chi connectivity index (χ2v) is 9.72. The third-order valence-electron chi connectivity index (χ3n) is 7.00. The van der Waals surface area contributed by atoms with Crippen LogP contribution in [0.25, 0.3) is 11.4 Å². The van der Waals surface area contributed by atoms with Crippen molar-refractivity contribution in [1.82, 2.24) is 34.7 Å². The molecule has 0 unspecified atom stereocenters. The molecule has 0 aromatic carbocycles. The fourth-order valence-electron chi connectivity index (χ4n) is 4.91. The number of piperazine rings is 1. The van der Waals surface area contributed by atoms with E-state index in [1.165, 1.54) is 12.3 Å². The van der Waals surface area contributed by atoms with Crippen LogP contribution in [0.4, 0.5) is 26.6 Å². The van der Waals surface area contributed by atoms with Crippen molar-refractivity contribution in [1.29, 1.82) is 0 Å². The summed E-state index contributed by atoms with van der Waals surface area (Å²) in [7, 11) is 0. The van der Waals surface area contributed by atoms with Gasteiger partial charge >= 0.3 is 0 Å². The number of hydrogen-bond acceptors (Lipinski definition) is 11. The molecule has 0 radical (unpaired) electrons. The summed E-state index contributed by atoms with van der Waals surface area (Å²) in [6.45, 7) is 6.98. The fourth-order valence-corrected chi connectivity index (χ4v) is 4.91. The van der Waals surface area contributed by atoms with Gasteiger partial charge in [0.15, 0.2) is 11.6 Å². The Balaban J connectivity index is 1.28. The van der Waals surface area contributed by atoms with Crippen LogP contribution in [0.1, 0.15) is 44.7 Å². The van der Waals surface area contributed by atoms with Crippen molar-refractivity contribution < 1.29 is 18.4 Å². The first-order chi connectivity index (χ1) is 18.7. The van der Waals surface area contributed by atoms with Crippen LogP contribution in [0, 0.1) is 5.92 Å². The molecule has 4 N–H and O–H groups in total. The van der Waals surface area contributed by atoms with E-state index in [0.29, 0.717) is 38.0 Å². The molecule has 2 aliphatic rings. The zero-order chi connectivity index (χ0) is 27.9. The highest BCUT2D eigenvalue weighted by atomic mass is 19.3. The summed E-state index contributed by atoms with van der Waals surface area (Å²) in [5.74, 6) is 0.457. The average molecular weight is 545 g/mol. The molecule has 0 atom stereocenters. The Bertz CT molecular complexity index is 1200. The molecule has 2 aliphatic heterocycles. The maximum absolute atomic E-state index is 13.5. The number of rotatable bonds is 9. The zero-order valence-electron chi connectivity index (χ0n) is 22.0. The number of halogens is 2. The predicted octanol–water partition coefficient (Wildman–Crippen LogP) is 1.72. The molecule has 4 rings (SSSR count). The minimum absolute atomic E-state index is 0.0202. The number of amides is 1. The van der Waals surface area contributed by atoms with Gasteiger partial charge < -0.3 is 21.3 Å². The van der Waals surface area contributed by atoms with Crippen molar-refractivity contribution in [2.45, 2.75) is 39.0 Å². The van der Waals surface area contributed by atoms with Crippen LogP contribution in [0.5, 0.6) is 0 Å². The van der Waals surface area contributed by atoms with Crippen LogP contribution >= 0.6 is 0 Å². The van der Waals surface area contributed by atoms with Gasteiger partial charge in [-0.15, -0.1) is 0 Å². The molecule has 0 aliphatic carbocycles. The number of alkyl halides is 2. The van der Waals surface area contributed by atoms with E-state index < -0.39 is 12.1 Å². The van der Waals surface area contributed by atoms with Gasteiger partial charge in [0.2, 0.25) is 23.8 Å². The summed E-state index contributed by atoms with van der Waals surface area (Å²) < 4.78 is 27.1. The van der Waals surface area contributed by atoms with Crippen molar-refractivity contribution in [3.05, 3.63) is 24.0 Å². The first kappa shape index (κ1) is 28.2. The molecule has 210 valence electrons. The number of aromatic nitrogens is 5. The van der Waals surface area contributed by atoms with Gasteiger partial charge in [0.1, 0.15) is 5.69 Å². The van der Waals surface area contributed by atoms with E-state index in [1.807, 2.05) is 9.80 Å². The Kier molecular flexibility index (Phi) is 9.28. The Morgan fingerprint density at radius 3 is 2.38 bits per heavy atom. The minimum Gasteiger partial charge on any atom is -0.368 e. The van der Waals surface area contributed by atoms with Crippen molar-refractivity contribution in [3.8, 4) is 11.4 Å². The third kappa shape index (κ3) is 7.40. The molecule has 2 fully saturated rings. The van der Waals surface area contributed by atoms with E-state index in [4.69, 9.17) is 11.5 Å². The summed E-state index contributed by atoms with van der Waals surface area (Å²) in [6, 6.07) is 0. The minimum atomic E-state index is -2.88. The predicted molar refractivity (Wildman–Crippen MR) is 142 cm³/mol. The van der Waals surface area contributed by atoms with Gasteiger partial charge in [-0.05, 0) is 31.8 Å². The van der Waals surface area contributed by atoms with Gasteiger partial charge in [-0.1, -0.05) is 6.08 Å². The Morgan fingerprint density at radius 2 is 1.72 bits per heavy atom. The molecule has 2 saturated heterocycles. The maximum Gasteiger partial charge on any atom is 0.281 e. The average Bonchev–Trinajstić information content (AvgIpc) is 2.92. The summed E-state index contributed by atoms with van der Waals surface area (Å²) >= 11 is 0. The quantitative estimate of drug-likeness (QED) is 0.442. The van der Waals surface area contributed by atoms with Gasteiger partial charge in [0.05, 0.1) is 5.56 Å². The molecule has 2 aromatic rings. The van der Waals surface area contributed by atoms with Crippen LogP contribution in [0.15, 0.2) is 18.3 Å². The number of piperidine rings is 1. The van der Waals surface area contributed by atoms with Crippen molar-refractivity contribution in [3.63, 3.8) is 0 Å². The number of carbonyl (C=O) groups excluding carboxylic acids is 2. The zero-order valence-corrected chi connectivity index (χ0v) is 22.0. The lowest BCUT2D eigenvalue weighted by Gasteiger charge is -2.39. The second-order valence-electron chi connectivity index (χ2n) is 9.72. The highest BCUT2D eigenvalue weighted by Crippen LogP contribution is 2.29. The lowest BCUT2D eigenvalue weighted by molar-refractivity contribution is -0.134. The van der Waals surface area contributed by atoms with Gasteiger partial charge in [0.25, 0.3) is 6.43 Å². The summed E-state index contributed by atoms with van der Waals surface area (Å²) in [4.78, 5) is 50.4. The lowest BCUT2D eigenvalue weighted by Crippen LogP contribution is -2.49. The van der Waals surface area contributed by atoms with Crippen LogP contribution in [0.2, 0.25) is 0 Å². The normalized spacial score (nSPS) is 17.3. The number of hydrogen-bond donors (Lipinski definition) is 2. The van der Waals surface area contributed by atoms with Gasteiger partial charge in [-0.2, -0.15) is 15.0 Å². The van der Waals surface area contributed by atoms with Crippen LogP contribution in [0.3, 0.4) is 0 Å². The van der Waals surface area contributed by atoms with E-state index in [1.54, 1.807) is 13.0 Å².